The van der Waals surface area contributed by atoms with Gasteiger partial charge in [-0.1, -0.05) is 0 Å². The fourth-order valence-electron chi connectivity index (χ4n) is 1.87. The summed E-state index contributed by atoms with van der Waals surface area (Å²) in [5.41, 5.74) is 6.96. The van der Waals surface area contributed by atoms with Gasteiger partial charge in [-0.15, -0.1) is 0 Å². The first kappa shape index (κ1) is 11.4. The van der Waals surface area contributed by atoms with E-state index >= 15 is 0 Å². The topological polar surface area (TPSA) is 71.5 Å². The van der Waals surface area contributed by atoms with Gasteiger partial charge in [-0.2, -0.15) is 5.10 Å². The second-order valence-electron chi connectivity index (χ2n) is 3.74. The minimum absolute atomic E-state index is 0.203. The van der Waals surface area contributed by atoms with E-state index in [1.165, 1.54) is 0 Å². The van der Waals surface area contributed by atoms with Crippen molar-refractivity contribution >= 4 is 0 Å². The molecular weight excluding hydrogens is 210 g/mol. The molecule has 0 radical (unpaired) electrons. The molecule has 1 aromatic rings. The van der Waals surface area contributed by atoms with Gasteiger partial charge in [0.05, 0.1) is 38.3 Å². The number of rotatable bonds is 4. The smallest absolute Gasteiger partial charge is 0.161 e. The molecule has 0 spiro atoms. The second-order valence-corrected chi connectivity index (χ2v) is 3.74. The van der Waals surface area contributed by atoms with E-state index < -0.39 is 0 Å². The molecule has 1 aliphatic rings. The Morgan fingerprint density at radius 2 is 2.31 bits per heavy atom. The highest BCUT2D eigenvalue weighted by atomic mass is 16.7. The number of methoxy groups -OCH3 is 1. The molecule has 6 nitrogen and oxygen atoms in total. The van der Waals surface area contributed by atoms with Gasteiger partial charge in [-0.3, -0.25) is 4.68 Å². The second kappa shape index (κ2) is 4.82. The molecule has 2 N–H and O–H groups in total. The Morgan fingerprint density at radius 3 is 2.94 bits per heavy atom. The van der Waals surface area contributed by atoms with Gasteiger partial charge in [-0.05, 0) is 0 Å². The minimum Gasteiger partial charge on any atom is -0.493 e. The van der Waals surface area contributed by atoms with Crippen molar-refractivity contribution < 1.29 is 14.2 Å². The molecule has 16 heavy (non-hydrogen) atoms. The predicted octanol–water partition coefficient (Wildman–Crippen LogP) is 0.192. The van der Waals surface area contributed by atoms with Crippen molar-refractivity contribution in [3.05, 3.63) is 11.9 Å². The summed E-state index contributed by atoms with van der Waals surface area (Å²) in [5.74, 6) is 0.702. The molecule has 0 saturated carbocycles. The van der Waals surface area contributed by atoms with Crippen molar-refractivity contribution in [2.45, 2.75) is 18.8 Å². The lowest BCUT2D eigenvalue weighted by molar-refractivity contribution is -0.0512. The van der Waals surface area contributed by atoms with Crippen LogP contribution >= 0.6 is 0 Å². The Labute approximate surface area is 94.3 Å². The van der Waals surface area contributed by atoms with Crippen LogP contribution in [0.4, 0.5) is 0 Å². The van der Waals surface area contributed by atoms with Crippen LogP contribution in [0.15, 0.2) is 6.20 Å². The molecule has 90 valence electrons. The molecule has 0 bridgehead atoms. The zero-order valence-electron chi connectivity index (χ0n) is 9.55. The summed E-state index contributed by atoms with van der Waals surface area (Å²) in [7, 11) is 3.45. The zero-order chi connectivity index (χ0) is 11.5. The lowest BCUT2D eigenvalue weighted by Gasteiger charge is -2.17. The highest BCUT2D eigenvalue weighted by Gasteiger charge is 2.24. The van der Waals surface area contributed by atoms with Gasteiger partial charge in [0, 0.05) is 13.5 Å². The van der Waals surface area contributed by atoms with Crippen molar-refractivity contribution in [1.82, 2.24) is 9.78 Å². The molecule has 1 aliphatic heterocycles. The molecule has 2 rings (SSSR count). The van der Waals surface area contributed by atoms with Gasteiger partial charge in [0.15, 0.2) is 12.0 Å². The lowest BCUT2D eigenvalue weighted by Crippen LogP contribution is -2.22. The number of hydrogen-bond donors (Lipinski definition) is 1. The number of aromatic nitrogens is 2. The first-order valence-corrected chi connectivity index (χ1v) is 5.27. The number of ether oxygens (including phenoxy) is 3. The first-order valence-electron chi connectivity index (χ1n) is 5.27. The standard InChI is InChI=1S/C10H17N3O3/c1-13-10(8(14-2)6-12-13)7(11)5-9-15-3-4-16-9/h6-7,9H,3-5,11H2,1-2H3. The summed E-state index contributed by atoms with van der Waals surface area (Å²) in [6, 6.07) is -0.203. The third-order valence-corrected chi connectivity index (χ3v) is 2.66. The largest absolute Gasteiger partial charge is 0.493 e. The van der Waals surface area contributed by atoms with Crippen molar-refractivity contribution in [1.29, 1.82) is 0 Å². The van der Waals surface area contributed by atoms with Gasteiger partial charge >= 0.3 is 0 Å². The van der Waals surface area contributed by atoms with Crippen LogP contribution in [0.1, 0.15) is 18.2 Å². The Morgan fingerprint density at radius 1 is 1.62 bits per heavy atom. The van der Waals surface area contributed by atoms with Crippen molar-refractivity contribution in [2.75, 3.05) is 20.3 Å². The van der Waals surface area contributed by atoms with Gasteiger partial charge in [0.25, 0.3) is 0 Å². The molecule has 1 fully saturated rings. The van der Waals surface area contributed by atoms with Crippen LogP contribution in [0.5, 0.6) is 5.75 Å². The van der Waals surface area contributed by atoms with Crippen LogP contribution in [-0.2, 0) is 16.5 Å². The number of nitrogens with zero attached hydrogens (tertiary/aromatic N) is 2. The van der Waals surface area contributed by atoms with Gasteiger partial charge in [0.1, 0.15) is 0 Å². The van der Waals surface area contributed by atoms with Crippen molar-refractivity contribution in [2.24, 2.45) is 12.8 Å². The fourth-order valence-corrected chi connectivity index (χ4v) is 1.87. The summed E-state index contributed by atoms with van der Waals surface area (Å²) in [6.07, 6.45) is 2.05. The van der Waals surface area contributed by atoms with E-state index in [0.29, 0.717) is 25.4 Å². The third-order valence-electron chi connectivity index (χ3n) is 2.66. The van der Waals surface area contributed by atoms with Crippen molar-refractivity contribution in [3.8, 4) is 5.75 Å². The maximum absolute atomic E-state index is 6.10. The summed E-state index contributed by atoms with van der Waals surface area (Å²) in [5, 5.41) is 4.11. The summed E-state index contributed by atoms with van der Waals surface area (Å²) < 4.78 is 17.7. The van der Waals surface area contributed by atoms with E-state index in [2.05, 4.69) is 5.10 Å². The van der Waals surface area contributed by atoms with E-state index in [1.807, 2.05) is 7.05 Å². The van der Waals surface area contributed by atoms with Gasteiger partial charge in [0.2, 0.25) is 0 Å². The maximum atomic E-state index is 6.10. The van der Waals surface area contributed by atoms with E-state index in [0.717, 1.165) is 5.69 Å². The average molecular weight is 227 g/mol. The first-order chi connectivity index (χ1) is 7.72. The molecule has 1 atom stereocenters. The van der Waals surface area contributed by atoms with Crippen LogP contribution in [0, 0.1) is 0 Å². The van der Waals surface area contributed by atoms with Crippen molar-refractivity contribution in [3.63, 3.8) is 0 Å². The number of aryl methyl sites for hydroxylation is 1. The summed E-state index contributed by atoms with van der Waals surface area (Å²) >= 11 is 0. The highest BCUT2D eigenvalue weighted by Crippen LogP contribution is 2.27. The quantitative estimate of drug-likeness (QED) is 0.795. The number of nitrogens with two attached hydrogens (primary N) is 1. The normalized spacial score (nSPS) is 18.9. The minimum atomic E-state index is -0.213. The zero-order valence-corrected chi connectivity index (χ0v) is 9.55. The highest BCUT2D eigenvalue weighted by molar-refractivity contribution is 5.27. The molecular formula is C10H17N3O3. The molecule has 0 amide bonds. The summed E-state index contributed by atoms with van der Waals surface area (Å²) in [6.45, 7) is 1.28. The lowest BCUT2D eigenvalue weighted by atomic mass is 10.1. The van der Waals surface area contributed by atoms with Crippen LogP contribution < -0.4 is 10.5 Å². The Balaban J connectivity index is 2.06. The molecule has 0 aromatic carbocycles. The van der Waals surface area contributed by atoms with Crippen LogP contribution in [0.25, 0.3) is 0 Å². The summed E-state index contributed by atoms with van der Waals surface area (Å²) in [4.78, 5) is 0. The third kappa shape index (κ3) is 2.18. The maximum Gasteiger partial charge on any atom is 0.161 e. The molecule has 2 heterocycles. The Hall–Kier alpha value is -1.11. The molecule has 1 unspecified atom stereocenters. The van der Waals surface area contributed by atoms with E-state index in [1.54, 1.807) is 18.0 Å². The van der Waals surface area contributed by atoms with E-state index in [9.17, 15) is 0 Å². The van der Waals surface area contributed by atoms with E-state index in [4.69, 9.17) is 19.9 Å². The monoisotopic (exact) mass is 227 g/mol. The Kier molecular flexibility index (Phi) is 3.42. The molecule has 6 heteroatoms. The molecule has 0 aliphatic carbocycles. The van der Waals surface area contributed by atoms with Gasteiger partial charge < -0.3 is 19.9 Å². The fraction of sp³-hybridized carbons (Fsp3) is 0.700. The Bertz CT molecular complexity index is 347. The van der Waals surface area contributed by atoms with E-state index in [-0.39, 0.29) is 12.3 Å². The molecule has 1 saturated heterocycles. The number of hydrogen-bond acceptors (Lipinski definition) is 5. The predicted molar refractivity (Wildman–Crippen MR) is 57.0 cm³/mol. The van der Waals surface area contributed by atoms with Crippen LogP contribution in [0.2, 0.25) is 0 Å². The average Bonchev–Trinajstić information content (AvgIpc) is 2.87. The van der Waals surface area contributed by atoms with Crippen LogP contribution in [0.3, 0.4) is 0 Å². The molecule has 1 aromatic heterocycles. The van der Waals surface area contributed by atoms with Gasteiger partial charge in [-0.25, -0.2) is 0 Å². The van der Waals surface area contributed by atoms with Crippen LogP contribution in [-0.4, -0.2) is 36.4 Å². The SMILES string of the molecule is COc1cnn(C)c1C(N)CC1OCCO1.